The van der Waals surface area contributed by atoms with Crippen LogP contribution in [0.1, 0.15) is 80.4 Å². The summed E-state index contributed by atoms with van der Waals surface area (Å²) in [4.78, 5) is 0. The van der Waals surface area contributed by atoms with Gasteiger partial charge in [0.2, 0.25) is 0 Å². The molecule has 1 aliphatic rings. The molecule has 0 saturated heterocycles. The van der Waals surface area contributed by atoms with Gasteiger partial charge in [-0.3, -0.25) is 0 Å². The number of aryl methyl sites for hydroxylation is 1. The Labute approximate surface area is 225 Å². The number of hydrogen-bond donors (Lipinski definition) is 0. The monoisotopic (exact) mass is 505 g/mol. The minimum atomic E-state index is -1.72. The molecule has 0 amide bonds. The molecule has 0 aliphatic heterocycles. The summed E-state index contributed by atoms with van der Waals surface area (Å²) in [5.74, 6) is 1.35. The van der Waals surface area contributed by atoms with Crippen molar-refractivity contribution < 1.29 is 0 Å². The summed E-state index contributed by atoms with van der Waals surface area (Å²) >= 11 is 0. The van der Waals surface area contributed by atoms with E-state index in [1.807, 2.05) is 0 Å². The van der Waals surface area contributed by atoms with E-state index in [4.69, 9.17) is 0 Å². The predicted molar refractivity (Wildman–Crippen MR) is 165 cm³/mol. The molecule has 1 fully saturated rings. The van der Waals surface area contributed by atoms with Crippen molar-refractivity contribution in [2.45, 2.75) is 70.1 Å². The van der Waals surface area contributed by atoms with Crippen molar-refractivity contribution in [2.75, 3.05) is 6.66 Å². The molecule has 0 heterocycles. The normalized spacial score (nSPS) is 18.0. The zero-order chi connectivity index (χ0) is 25.5. The van der Waals surface area contributed by atoms with Gasteiger partial charge in [0.05, 0.1) is 6.66 Å². The van der Waals surface area contributed by atoms with Crippen molar-refractivity contribution in [3.8, 4) is 0 Å². The van der Waals surface area contributed by atoms with Crippen molar-refractivity contribution in [3.63, 3.8) is 0 Å². The van der Waals surface area contributed by atoms with Gasteiger partial charge in [-0.25, -0.2) is 0 Å². The summed E-state index contributed by atoms with van der Waals surface area (Å²) in [6.07, 6.45) is 10.3. The van der Waals surface area contributed by atoms with Gasteiger partial charge in [0, 0.05) is 0 Å². The Morgan fingerprint density at radius 2 is 1.14 bits per heavy atom. The van der Waals surface area contributed by atoms with Crippen LogP contribution in [0, 0.1) is 0 Å². The SMILES string of the molecule is CCCCCc1ccc(C2CCC(c3ccccc3[P+](C)(c3ccccc3)c3ccccc3)CC2)cc1. The predicted octanol–water partition coefficient (Wildman–Crippen LogP) is 8.78. The van der Waals surface area contributed by atoms with E-state index in [0.29, 0.717) is 11.8 Å². The van der Waals surface area contributed by atoms with E-state index in [1.165, 1.54) is 67.5 Å². The molecule has 1 saturated carbocycles. The molecule has 1 aliphatic carbocycles. The molecule has 190 valence electrons. The highest BCUT2D eigenvalue weighted by atomic mass is 31.2. The van der Waals surface area contributed by atoms with Gasteiger partial charge >= 0.3 is 0 Å². The summed E-state index contributed by atoms with van der Waals surface area (Å²) in [7, 11) is -1.72. The molecule has 0 aromatic heterocycles. The Kier molecular flexibility index (Phi) is 8.58. The number of rotatable bonds is 9. The van der Waals surface area contributed by atoms with E-state index in [-0.39, 0.29) is 0 Å². The summed E-state index contributed by atoms with van der Waals surface area (Å²) in [6, 6.07) is 41.5. The van der Waals surface area contributed by atoms with Crippen LogP contribution in [0.25, 0.3) is 0 Å². The summed E-state index contributed by atoms with van der Waals surface area (Å²) in [5.41, 5.74) is 4.65. The van der Waals surface area contributed by atoms with Crippen LogP contribution in [0.3, 0.4) is 0 Å². The highest BCUT2D eigenvalue weighted by Gasteiger charge is 2.43. The van der Waals surface area contributed by atoms with Gasteiger partial charge in [0.1, 0.15) is 23.2 Å². The van der Waals surface area contributed by atoms with Crippen molar-refractivity contribution in [3.05, 3.63) is 126 Å². The second-order valence-electron chi connectivity index (χ2n) is 11.0. The second-order valence-corrected chi connectivity index (χ2v) is 14.5. The van der Waals surface area contributed by atoms with Gasteiger partial charge in [-0.15, -0.1) is 0 Å². The smallest absolute Gasteiger partial charge is 0.0654 e. The zero-order valence-electron chi connectivity index (χ0n) is 22.7. The molecular formula is C36H42P+. The molecule has 5 rings (SSSR count). The first kappa shape index (κ1) is 25.9. The highest BCUT2D eigenvalue weighted by molar-refractivity contribution is 7.95. The maximum Gasteiger partial charge on any atom is 0.109 e. The molecular weight excluding hydrogens is 463 g/mol. The fourth-order valence-electron chi connectivity index (χ4n) is 6.39. The van der Waals surface area contributed by atoms with Gasteiger partial charge in [-0.2, -0.15) is 0 Å². The third kappa shape index (κ3) is 5.76. The maximum atomic E-state index is 2.53. The summed E-state index contributed by atoms with van der Waals surface area (Å²) < 4.78 is 0. The van der Waals surface area contributed by atoms with E-state index < -0.39 is 7.26 Å². The number of hydrogen-bond acceptors (Lipinski definition) is 0. The Morgan fingerprint density at radius 1 is 0.595 bits per heavy atom. The fourth-order valence-corrected chi connectivity index (χ4v) is 9.94. The molecule has 4 aromatic rings. The molecule has 0 spiro atoms. The van der Waals surface area contributed by atoms with E-state index in [1.54, 1.807) is 16.4 Å². The third-order valence-electron chi connectivity index (χ3n) is 8.65. The van der Waals surface area contributed by atoms with Gasteiger partial charge in [-0.1, -0.05) is 98.6 Å². The van der Waals surface area contributed by atoms with E-state index in [2.05, 4.69) is 123 Å². The van der Waals surface area contributed by atoms with Crippen molar-refractivity contribution in [2.24, 2.45) is 0 Å². The van der Waals surface area contributed by atoms with Crippen LogP contribution in [-0.4, -0.2) is 6.66 Å². The van der Waals surface area contributed by atoms with Crippen LogP contribution in [-0.2, 0) is 6.42 Å². The van der Waals surface area contributed by atoms with E-state index in [0.717, 1.165) is 0 Å². The molecule has 0 atom stereocenters. The second kappa shape index (κ2) is 12.2. The van der Waals surface area contributed by atoms with Crippen LogP contribution >= 0.6 is 7.26 Å². The Morgan fingerprint density at radius 3 is 1.73 bits per heavy atom. The third-order valence-corrected chi connectivity index (χ3v) is 12.7. The Bertz CT molecular complexity index is 1200. The van der Waals surface area contributed by atoms with Crippen LogP contribution < -0.4 is 15.9 Å². The molecule has 0 bridgehead atoms. The van der Waals surface area contributed by atoms with Crippen LogP contribution in [0.4, 0.5) is 0 Å². The minimum Gasteiger partial charge on any atom is -0.0654 e. The summed E-state index contributed by atoms with van der Waals surface area (Å²) in [5, 5.41) is 4.52. The zero-order valence-corrected chi connectivity index (χ0v) is 23.5. The van der Waals surface area contributed by atoms with E-state index in [9.17, 15) is 0 Å². The fraction of sp³-hybridized carbons (Fsp3) is 0.333. The lowest BCUT2D eigenvalue weighted by Crippen LogP contribution is -2.33. The molecule has 0 unspecified atom stereocenters. The molecule has 4 aromatic carbocycles. The molecule has 0 radical (unpaired) electrons. The van der Waals surface area contributed by atoms with Crippen molar-refractivity contribution in [1.82, 2.24) is 0 Å². The Hall–Kier alpha value is -2.69. The lowest BCUT2D eigenvalue weighted by Gasteiger charge is -2.32. The van der Waals surface area contributed by atoms with Gasteiger partial charge in [0.25, 0.3) is 0 Å². The molecule has 37 heavy (non-hydrogen) atoms. The van der Waals surface area contributed by atoms with Crippen molar-refractivity contribution in [1.29, 1.82) is 0 Å². The molecule has 1 heteroatoms. The van der Waals surface area contributed by atoms with Crippen LogP contribution in [0.15, 0.2) is 109 Å². The number of benzene rings is 4. The van der Waals surface area contributed by atoms with Gasteiger partial charge in [-0.05, 0) is 97.4 Å². The first-order valence-electron chi connectivity index (χ1n) is 14.4. The van der Waals surface area contributed by atoms with Gasteiger partial charge in [0.15, 0.2) is 0 Å². The standard InChI is InChI=1S/C36H42P/c1-3-4-7-14-29-21-23-30(24-22-29)31-25-27-32(28-26-31)35-19-12-13-20-36(35)37(2,33-15-8-5-9-16-33)34-17-10-6-11-18-34/h5-6,8-13,15-24,31-32H,3-4,7,14,25-28H2,1-2H3/q+1. The number of unbranched alkanes of at least 4 members (excludes halogenated alkanes) is 2. The topological polar surface area (TPSA) is 0 Å². The maximum absolute atomic E-state index is 2.53. The average molecular weight is 506 g/mol. The first-order chi connectivity index (χ1) is 18.2. The van der Waals surface area contributed by atoms with Crippen LogP contribution in [0.2, 0.25) is 0 Å². The quantitative estimate of drug-likeness (QED) is 0.157. The summed E-state index contributed by atoms with van der Waals surface area (Å²) in [6.45, 7) is 4.81. The lowest BCUT2D eigenvalue weighted by atomic mass is 9.76. The molecule has 0 nitrogen and oxygen atoms in total. The Balaban J connectivity index is 1.38. The van der Waals surface area contributed by atoms with Crippen molar-refractivity contribution >= 4 is 23.2 Å². The highest BCUT2D eigenvalue weighted by Crippen LogP contribution is 2.54. The first-order valence-corrected chi connectivity index (χ1v) is 16.6. The van der Waals surface area contributed by atoms with E-state index >= 15 is 0 Å². The van der Waals surface area contributed by atoms with Crippen LogP contribution in [0.5, 0.6) is 0 Å². The minimum absolute atomic E-state index is 0.646. The molecule has 0 N–H and O–H groups in total. The van der Waals surface area contributed by atoms with Gasteiger partial charge < -0.3 is 0 Å². The average Bonchev–Trinajstić information content (AvgIpc) is 2.98. The lowest BCUT2D eigenvalue weighted by molar-refractivity contribution is 0.397. The largest absolute Gasteiger partial charge is 0.109 e.